The van der Waals surface area contributed by atoms with Gasteiger partial charge in [0.1, 0.15) is 6.61 Å². The second kappa shape index (κ2) is 12.5. The molecular weight excluding hydrogens is 484 g/mol. The average Bonchev–Trinajstić information content (AvgIpc) is 2.87. The number of aliphatic hydroxyl groups is 1. The van der Waals surface area contributed by atoms with Crippen molar-refractivity contribution >= 4 is 18.2 Å². The lowest BCUT2D eigenvalue weighted by molar-refractivity contribution is -0.136. The zero-order valence-electron chi connectivity index (χ0n) is 20.9. The lowest BCUT2D eigenvalue weighted by atomic mass is 9.95. The number of carbonyl (C=O) groups excluding carboxylic acids is 2. The lowest BCUT2D eigenvalue weighted by Crippen LogP contribution is -2.45. The predicted molar refractivity (Wildman–Crippen MR) is 134 cm³/mol. The van der Waals surface area contributed by atoms with E-state index in [0.717, 1.165) is 0 Å². The van der Waals surface area contributed by atoms with Crippen LogP contribution in [0, 0.1) is 0 Å². The number of aromatic hydroxyl groups is 1. The van der Waals surface area contributed by atoms with Gasteiger partial charge in [-0.1, -0.05) is 6.07 Å². The molecule has 0 fully saturated rings. The van der Waals surface area contributed by atoms with Crippen molar-refractivity contribution in [2.75, 3.05) is 27.4 Å². The molecule has 5 N–H and O–H groups in total. The summed E-state index contributed by atoms with van der Waals surface area (Å²) in [6.45, 7) is 3.58. The maximum absolute atomic E-state index is 12.4. The third-order valence-corrected chi connectivity index (χ3v) is 5.31. The zero-order chi connectivity index (χ0) is 26.9. The fourth-order valence-corrected chi connectivity index (χ4v) is 3.61. The third-order valence-electron chi connectivity index (χ3n) is 5.31. The van der Waals surface area contributed by atoms with Crippen molar-refractivity contribution in [1.82, 2.24) is 16.1 Å². The molecule has 2 amide bonds. The standard InChI is InChI=1S/C25H30N4O8/c1-5-36-20-11-16(23-22(24(32)35-4)14(2)27-25(33)28-23)7-9-19(20)37-13-21(31)29-26-12-15-6-8-18(34-3)17(30)10-15/h6-12,21,23,29-31H,5,13H2,1-4H3,(H2,27,28,33)/b26-12+/t21-,23-/m0/s1. The molecule has 0 bridgehead atoms. The number of methoxy groups -OCH3 is 2. The number of hydrazone groups is 1. The summed E-state index contributed by atoms with van der Waals surface area (Å²) in [5, 5.41) is 29.3. The van der Waals surface area contributed by atoms with Crippen LogP contribution in [0.3, 0.4) is 0 Å². The number of urea groups is 1. The van der Waals surface area contributed by atoms with Crippen LogP contribution >= 0.6 is 0 Å². The molecule has 2 aromatic rings. The van der Waals surface area contributed by atoms with Crippen LogP contribution < -0.4 is 30.3 Å². The van der Waals surface area contributed by atoms with Crippen LogP contribution in [0.15, 0.2) is 52.8 Å². The summed E-state index contributed by atoms with van der Waals surface area (Å²) in [5.41, 5.74) is 4.36. The van der Waals surface area contributed by atoms with E-state index in [2.05, 4.69) is 21.2 Å². The summed E-state index contributed by atoms with van der Waals surface area (Å²) >= 11 is 0. The molecule has 1 aliphatic rings. The summed E-state index contributed by atoms with van der Waals surface area (Å²) < 4.78 is 21.3. The molecule has 1 aliphatic heterocycles. The first kappa shape index (κ1) is 27.1. The number of hydrogen-bond donors (Lipinski definition) is 5. The van der Waals surface area contributed by atoms with E-state index in [1.165, 1.54) is 26.5 Å². The molecule has 0 saturated heterocycles. The largest absolute Gasteiger partial charge is 0.504 e. The molecule has 0 aliphatic carbocycles. The Kier molecular flexibility index (Phi) is 9.16. The minimum Gasteiger partial charge on any atom is -0.504 e. The molecule has 0 aromatic heterocycles. The first-order valence-electron chi connectivity index (χ1n) is 11.4. The summed E-state index contributed by atoms with van der Waals surface area (Å²) in [7, 11) is 2.72. The van der Waals surface area contributed by atoms with Gasteiger partial charge in [0, 0.05) is 5.70 Å². The quantitative estimate of drug-likeness (QED) is 0.131. The summed E-state index contributed by atoms with van der Waals surface area (Å²) in [4.78, 5) is 24.4. The molecular formula is C25H30N4O8. The minimum atomic E-state index is -1.16. The van der Waals surface area contributed by atoms with E-state index in [9.17, 15) is 19.8 Å². The Labute approximate surface area is 213 Å². The first-order valence-corrected chi connectivity index (χ1v) is 11.4. The van der Waals surface area contributed by atoms with E-state index in [0.29, 0.717) is 40.7 Å². The summed E-state index contributed by atoms with van der Waals surface area (Å²) in [6, 6.07) is 8.50. The Hall–Kier alpha value is -4.45. The van der Waals surface area contributed by atoms with Gasteiger partial charge >= 0.3 is 12.0 Å². The highest BCUT2D eigenvalue weighted by Crippen LogP contribution is 2.35. The highest BCUT2D eigenvalue weighted by atomic mass is 16.5. The number of benzene rings is 2. The molecule has 3 rings (SSSR count). The number of ether oxygens (including phenoxy) is 4. The molecule has 12 heteroatoms. The number of nitrogens with one attached hydrogen (secondary N) is 3. The fourth-order valence-electron chi connectivity index (χ4n) is 3.61. The Morgan fingerprint density at radius 3 is 2.59 bits per heavy atom. The molecule has 198 valence electrons. The Balaban J connectivity index is 1.69. The smallest absolute Gasteiger partial charge is 0.337 e. The van der Waals surface area contributed by atoms with Crippen molar-refractivity contribution in [3.05, 3.63) is 58.8 Å². The second-order valence-electron chi connectivity index (χ2n) is 7.85. The van der Waals surface area contributed by atoms with Crippen LogP contribution in [0.5, 0.6) is 23.0 Å². The SMILES string of the molecule is CCOc1cc([C@@H]2NC(=O)NC(C)=C2C(=O)OC)ccc1OC[C@H](O)N/N=C/c1ccc(OC)c(O)c1. The van der Waals surface area contributed by atoms with Crippen molar-refractivity contribution < 1.29 is 38.7 Å². The Morgan fingerprint density at radius 2 is 1.92 bits per heavy atom. The monoisotopic (exact) mass is 514 g/mol. The van der Waals surface area contributed by atoms with Gasteiger partial charge in [-0.15, -0.1) is 0 Å². The molecule has 2 aromatic carbocycles. The summed E-state index contributed by atoms with van der Waals surface area (Å²) in [6.07, 6.45) is 0.266. The molecule has 1 heterocycles. The number of carbonyl (C=O) groups is 2. The van der Waals surface area contributed by atoms with Crippen molar-refractivity contribution in [2.24, 2.45) is 5.10 Å². The van der Waals surface area contributed by atoms with Gasteiger partial charge in [0.25, 0.3) is 0 Å². The van der Waals surface area contributed by atoms with Crippen molar-refractivity contribution in [2.45, 2.75) is 26.1 Å². The fraction of sp³-hybridized carbons (Fsp3) is 0.320. The van der Waals surface area contributed by atoms with Crippen LogP contribution in [-0.2, 0) is 9.53 Å². The van der Waals surface area contributed by atoms with Gasteiger partial charge in [-0.2, -0.15) is 5.10 Å². The normalized spacial score (nSPS) is 16.0. The summed E-state index contributed by atoms with van der Waals surface area (Å²) in [5.74, 6) is 0.434. The Morgan fingerprint density at radius 1 is 1.16 bits per heavy atom. The molecule has 0 saturated carbocycles. The van der Waals surface area contributed by atoms with Gasteiger partial charge in [-0.25, -0.2) is 9.59 Å². The highest BCUT2D eigenvalue weighted by molar-refractivity contribution is 5.95. The van der Waals surface area contributed by atoms with Gasteiger partial charge in [0.05, 0.1) is 38.7 Å². The second-order valence-corrected chi connectivity index (χ2v) is 7.85. The van der Waals surface area contributed by atoms with Crippen LogP contribution in [0.2, 0.25) is 0 Å². The van der Waals surface area contributed by atoms with E-state index >= 15 is 0 Å². The lowest BCUT2D eigenvalue weighted by Gasteiger charge is -2.28. The van der Waals surface area contributed by atoms with E-state index in [4.69, 9.17) is 18.9 Å². The van der Waals surface area contributed by atoms with E-state index < -0.39 is 24.3 Å². The van der Waals surface area contributed by atoms with Gasteiger partial charge in [-0.05, 0) is 55.3 Å². The van der Waals surface area contributed by atoms with Crippen molar-refractivity contribution in [3.8, 4) is 23.0 Å². The van der Waals surface area contributed by atoms with Crippen LogP contribution in [0.1, 0.15) is 31.0 Å². The number of phenols is 1. The van der Waals surface area contributed by atoms with Gasteiger partial charge in [0.15, 0.2) is 29.2 Å². The van der Waals surface area contributed by atoms with Crippen LogP contribution in [0.4, 0.5) is 4.79 Å². The number of esters is 1. The molecule has 0 spiro atoms. The van der Waals surface area contributed by atoms with Crippen LogP contribution in [0.25, 0.3) is 0 Å². The number of amides is 2. The van der Waals surface area contributed by atoms with Gasteiger partial charge in [-0.3, -0.25) is 5.43 Å². The number of phenolic OH excluding ortho intramolecular Hbond substituents is 1. The van der Waals surface area contributed by atoms with Crippen molar-refractivity contribution in [3.63, 3.8) is 0 Å². The molecule has 0 radical (unpaired) electrons. The maximum Gasteiger partial charge on any atom is 0.337 e. The molecule has 37 heavy (non-hydrogen) atoms. The minimum absolute atomic E-state index is 0.0318. The van der Waals surface area contributed by atoms with Crippen LogP contribution in [-0.4, -0.2) is 62.1 Å². The number of rotatable bonds is 11. The van der Waals surface area contributed by atoms with Crippen molar-refractivity contribution in [1.29, 1.82) is 0 Å². The maximum atomic E-state index is 12.4. The predicted octanol–water partition coefficient (Wildman–Crippen LogP) is 1.92. The molecule has 2 atom stereocenters. The van der Waals surface area contributed by atoms with Gasteiger partial charge in [0.2, 0.25) is 0 Å². The third kappa shape index (κ3) is 6.82. The highest BCUT2D eigenvalue weighted by Gasteiger charge is 2.32. The number of aliphatic hydroxyl groups excluding tert-OH is 1. The Bertz CT molecular complexity index is 1200. The number of allylic oxidation sites excluding steroid dienone is 1. The van der Waals surface area contributed by atoms with E-state index in [1.807, 2.05) is 0 Å². The average molecular weight is 515 g/mol. The first-order chi connectivity index (χ1) is 17.8. The zero-order valence-corrected chi connectivity index (χ0v) is 20.9. The van der Waals surface area contributed by atoms with E-state index in [1.54, 1.807) is 44.2 Å². The number of hydrogen-bond acceptors (Lipinski definition) is 10. The van der Waals surface area contributed by atoms with Gasteiger partial charge < -0.3 is 39.8 Å². The van der Waals surface area contributed by atoms with E-state index in [-0.39, 0.29) is 17.9 Å². The topological polar surface area (TPSA) is 160 Å². The molecule has 12 nitrogen and oxygen atoms in total. The molecule has 0 unspecified atom stereocenters. The number of nitrogens with zero attached hydrogens (tertiary/aromatic N) is 1.